The van der Waals surface area contributed by atoms with Crippen molar-refractivity contribution in [3.8, 4) is 0 Å². The highest BCUT2D eigenvalue weighted by Gasteiger charge is 2.56. The maximum atomic E-state index is 12.9. The van der Waals surface area contributed by atoms with Gasteiger partial charge in [-0.2, -0.15) is 0 Å². The Balaban J connectivity index is 1.56. The van der Waals surface area contributed by atoms with Crippen molar-refractivity contribution in [1.82, 2.24) is 15.1 Å². The number of likely N-dealkylation sites (tertiary alicyclic amines) is 2. The van der Waals surface area contributed by atoms with Gasteiger partial charge in [-0.15, -0.1) is 0 Å². The van der Waals surface area contributed by atoms with E-state index in [-0.39, 0.29) is 36.2 Å². The first-order chi connectivity index (χ1) is 16.2. The molecule has 2 heterocycles. The molecule has 3 amide bonds. The van der Waals surface area contributed by atoms with E-state index < -0.39 is 5.54 Å². The maximum Gasteiger partial charge on any atom is 0.238 e. The zero-order valence-electron chi connectivity index (χ0n) is 20.4. The maximum absolute atomic E-state index is 12.9. The van der Waals surface area contributed by atoms with Crippen molar-refractivity contribution in [2.75, 3.05) is 31.5 Å². The summed E-state index contributed by atoms with van der Waals surface area (Å²) in [5.41, 5.74) is 3.49. The molecular weight excluding hydrogens is 428 g/mol. The van der Waals surface area contributed by atoms with Crippen LogP contribution in [0.25, 0.3) is 0 Å². The number of nitrogens with zero attached hydrogens (tertiary/aromatic N) is 2. The fraction of sp³-hybridized carbons (Fsp3) is 0.444. The van der Waals surface area contributed by atoms with Crippen molar-refractivity contribution >= 4 is 23.4 Å². The Morgan fingerprint density at radius 3 is 2.41 bits per heavy atom. The number of fused-ring (bicyclic) bond motifs is 1. The normalized spacial score (nSPS) is 24.4. The Labute approximate surface area is 201 Å². The summed E-state index contributed by atoms with van der Waals surface area (Å²) in [5.74, 6) is -0.136. The Morgan fingerprint density at radius 1 is 1.00 bits per heavy atom. The molecule has 0 unspecified atom stereocenters. The third-order valence-electron chi connectivity index (χ3n) is 7.36. The van der Waals surface area contributed by atoms with Gasteiger partial charge in [-0.05, 0) is 49.6 Å². The predicted molar refractivity (Wildman–Crippen MR) is 132 cm³/mol. The van der Waals surface area contributed by atoms with Crippen LogP contribution in [0, 0.1) is 19.8 Å². The molecular formula is C27H34N4O3. The van der Waals surface area contributed by atoms with Crippen LogP contribution in [0.3, 0.4) is 0 Å². The average molecular weight is 463 g/mol. The Hall–Kier alpha value is -3.19. The fourth-order valence-corrected chi connectivity index (χ4v) is 5.75. The molecule has 4 rings (SSSR count). The first-order valence-electron chi connectivity index (χ1n) is 11.9. The standard InChI is InChI=1S/C27H34N4O3/c1-18-9-8-12-24(19(18)2)28-25(34)15-30-14-13-23-26(22-10-6-5-7-11-22)31(21(4)33)17-27(23,16-30)29-20(3)32/h5-12,23,26H,13-17H2,1-4H3,(H,28,34)(H,29,32)/t23-,26-,27-/m1/s1. The summed E-state index contributed by atoms with van der Waals surface area (Å²) >= 11 is 0. The van der Waals surface area contributed by atoms with Crippen molar-refractivity contribution in [2.24, 2.45) is 5.92 Å². The molecule has 2 fully saturated rings. The number of piperidine rings is 1. The van der Waals surface area contributed by atoms with Gasteiger partial charge in [-0.3, -0.25) is 19.3 Å². The summed E-state index contributed by atoms with van der Waals surface area (Å²) in [6.07, 6.45) is 0.778. The number of hydrogen-bond donors (Lipinski definition) is 2. The van der Waals surface area contributed by atoms with E-state index in [0.29, 0.717) is 13.1 Å². The first kappa shape index (κ1) is 24.0. The zero-order valence-corrected chi connectivity index (χ0v) is 20.4. The summed E-state index contributed by atoms with van der Waals surface area (Å²) < 4.78 is 0. The van der Waals surface area contributed by atoms with Gasteiger partial charge in [-0.1, -0.05) is 42.5 Å². The second-order valence-electron chi connectivity index (χ2n) is 9.74. The number of nitrogens with one attached hydrogen (secondary N) is 2. The molecule has 0 radical (unpaired) electrons. The summed E-state index contributed by atoms with van der Waals surface area (Å²) in [6.45, 7) is 9.04. The summed E-state index contributed by atoms with van der Waals surface area (Å²) in [5, 5.41) is 6.25. The monoisotopic (exact) mass is 462 g/mol. The topological polar surface area (TPSA) is 81.8 Å². The minimum atomic E-state index is -0.601. The van der Waals surface area contributed by atoms with Crippen LogP contribution in [-0.2, 0) is 14.4 Å². The number of aryl methyl sites for hydroxylation is 1. The third-order valence-corrected chi connectivity index (χ3v) is 7.36. The van der Waals surface area contributed by atoms with Crippen LogP contribution in [0.4, 0.5) is 5.69 Å². The number of anilines is 1. The quantitative estimate of drug-likeness (QED) is 0.716. The lowest BCUT2D eigenvalue weighted by Crippen LogP contribution is -2.64. The molecule has 0 aliphatic carbocycles. The van der Waals surface area contributed by atoms with Gasteiger partial charge < -0.3 is 15.5 Å². The second-order valence-corrected chi connectivity index (χ2v) is 9.74. The van der Waals surface area contributed by atoms with E-state index in [1.807, 2.05) is 55.1 Å². The van der Waals surface area contributed by atoms with Gasteiger partial charge in [0.15, 0.2) is 0 Å². The number of carbonyl (C=O) groups is 3. The first-order valence-corrected chi connectivity index (χ1v) is 11.9. The number of carbonyl (C=O) groups excluding carboxylic acids is 3. The molecule has 2 aliphatic rings. The lowest BCUT2D eigenvalue weighted by atomic mass is 9.75. The van der Waals surface area contributed by atoms with Crippen LogP contribution >= 0.6 is 0 Å². The van der Waals surface area contributed by atoms with Crippen LogP contribution in [0.5, 0.6) is 0 Å². The number of rotatable bonds is 5. The zero-order chi connectivity index (χ0) is 24.5. The molecule has 0 saturated carbocycles. The fourth-order valence-electron chi connectivity index (χ4n) is 5.75. The molecule has 0 aromatic heterocycles. The van der Waals surface area contributed by atoms with Crippen LogP contribution in [0.2, 0.25) is 0 Å². The minimum absolute atomic E-state index is 0.00723. The lowest BCUT2D eigenvalue weighted by Gasteiger charge is -2.45. The van der Waals surface area contributed by atoms with E-state index in [2.05, 4.69) is 27.7 Å². The number of hydrogen-bond acceptors (Lipinski definition) is 4. The highest BCUT2D eigenvalue weighted by Crippen LogP contribution is 2.47. The van der Waals surface area contributed by atoms with Crippen LogP contribution < -0.4 is 10.6 Å². The van der Waals surface area contributed by atoms with Gasteiger partial charge in [0.05, 0.1) is 18.1 Å². The smallest absolute Gasteiger partial charge is 0.238 e. The van der Waals surface area contributed by atoms with Crippen LogP contribution in [0.1, 0.15) is 43.0 Å². The number of benzene rings is 2. The van der Waals surface area contributed by atoms with Crippen molar-refractivity contribution in [3.05, 3.63) is 65.2 Å². The van der Waals surface area contributed by atoms with Gasteiger partial charge >= 0.3 is 0 Å². The Morgan fingerprint density at radius 2 is 1.74 bits per heavy atom. The highest BCUT2D eigenvalue weighted by atomic mass is 16.2. The molecule has 7 heteroatoms. The van der Waals surface area contributed by atoms with E-state index in [1.54, 1.807) is 6.92 Å². The molecule has 180 valence electrons. The molecule has 7 nitrogen and oxygen atoms in total. The van der Waals surface area contributed by atoms with Gasteiger partial charge in [0, 0.05) is 38.5 Å². The van der Waals surface area contributed by atoms with Crippen molar-refractivity contribution in [1.29, 1.82) is 0 Å². The minimum Gasteiger partial charge on any atom is -0.347 e. The Bertz CT molecular complexity index is 1090. The van der Waals surface area contributed by atoms with E-state index in [0.717, 1.165) is 35.3 Å². The second kappa shape index (κ2) is 9.58. The summed E-state index contributed by atoms with van der Waals surface area (Å²) in [6, 6.07) is 15.8. The average Bonchev–Trinajstić information content (AvgIpc) is 3.11. The third kappa shape index (κ3) is 4.71. The summed E-state index contributed by atoms with van der Waals surface area (Å²) in [7, 11) is 0. The predicted octanol–water partition coefficient (Wildman–Crippen LogP) is 3.04. The molecule has 3 atom stereocenters. The largest absolute Gasteiger partial charge is 0.347 e. The van der Waals surface area contributed by atoms with Gasteiger partial charge in [0.1, 0.15) is 0 Å². The molecule has 34 heavy (non-hydrogen) atoms. The molecule has 0 spiro atoms. The van der Waals surface area contributed by atoms with Gasteiger partial charge in [0.25, 0.3) is 0 Å². The van der Waals surface area contributed by atoms with Crippen molar-refractivity contribution in [3.63, 3.8) is 0 Å². The molecule has 2 aromatic carbocycles. The molecule has 2 aromatic rings. The van der Waals surface area contributed by atoms with E-state index in [4.69, 9.17) is 0 Å². The molecule has 0 bridgehead atoms. The van der Waals surface area contributed by atoms with Gasteiger partial charge in [-0.25, -0.2) is 0 Å². The molecule has 2 saturated heterocycles. The molecule has 2 N–H and O–H groups in total. The van der Waals surface area contributed by atoms with E-state index >= 15 is 0 Å². The summed E-state index contributed by atoms with van der Waals surface area (Å²) in [4.78, 5) is 41.9. The van der Waals surface area contributed by atoms with E-state index in [1.165, 1.54) is 6.92 Å². The van der Waals surface area contributed by atoms with Crippen LogP contribution in [0.15, 0.2) is 48.5 Å². The van der Waals surface area contributed by atoms with Crippen molar-refractivity contribution < 1.29 is 14.4 Å². The van der Waals surface area contributed by atoms with Crippen molar-refractivity contribution in [2.45, 2.75) is 45.7 Å². The van der Waals surface area contributed by atoms with Crippen LogP contribution in [-0.4, -0.2) is 59.2 Å². The number of amides is 3. The SMILES string of the molecule is CC(=O)N[C@@]12CN(CC(=O)Nc3cccc(C)c3C)CC[C@@H]1[C@@H](c1ccccc1)N(C(C)=O)C2. The Kier molecular flexibility index (Phi) is 6.75. The lowest BCUT2D eigenvalue weighted by molar-refractivity contribution is -0.130. The van der Waals surface area contributed by atoms with Gasteiger partial charge in [0.2, 0.25) is 17.7 Å². The molecule has 2 aliphatic heterocycles. The van der Waals surface area contributed by atoms with E-state index in [9.17, 15) is 14.4 Å². The highest BCUT2D eigenvalue weighted by molar-refractivity contribution is 5.93.